The first kappa shape index (κ1) is 14.7. The Kier molecular flexibility index (Phi) is 4.81. The number of nitrogens with one attached hydrogen (secondary N) is 1. The van der Waals surface area contributed by atoms with Gasteiger partial charge in [-0.3, -0.25) is 0 Å². The van der Waals surface area contributed by atoms with E-state index in [1.54, 1.807) is 19.2 Å². The second-order valence-corrected chi connectivity index (χ2v) is 6.92. The average molecular weight is 305 g/mol. The van der Waals surface area contributed by atoms with Gasteiger partial charge in [0.15, 0.2) is 0 Å². The van der Waals surface area contributed by atoms with Crippen LogP contribution in [-0.2, 0) is 14.8 Å². The fourth-order valence-electron chi connectivity index (χ4n) is 1.91. The number of benzene rings is 1. The van der Waals surface area contributed by atoms with Crippen LogP contribution in [0.5, 0.6) is 0 Å². The molecule has 1 atom stereocenters. The van der Waals surface area contributed by atoms with E-state index in [-0.39, 0.29) is 11.0 Å². The van der Waals surface area contributed by atoms with Gasteiger partial charge >= 0.3 is 0 Å². The van der Waals surface area contributed by atoms with Crippen molar-refractivity contribution in [3.63, 3.8) is 0 Å². The molecule has 0 bridgehead atoms. The molecule has 1 unspecified atom stereocenters. The molecule has 19 heavy (non-hydrogen) atoms. The summed E-state index contributed by atoms with van der Waals surface area (Å²) < 4.78 is 31.5. The number of hydrogen-bond donors (Lipinski definition) is 1. The number of halogens is 1. The van der Waals surface area contributed by atoms with Crippen LogP contribution in [-0.4, -0.2) is 52.1 Å². The van der Waals surface area contributed by atoms with Crippen LogP contribution in [0.25, 0.3) is 0 Å². The van der Waals surface area contributed by atoms with Crippen LogP contribution < -0.4 is 5.32 Å². The Morgan fingerprint density at radius 1 is 1.42 bits per heavy atom. The normalized spacial score (nSPS) is 20.7. The molecule has 0 amide bonds. The zero-order valence-electron chi connectivity index (χ0n) is 10.7. The first-order valence-corrected chi connectivity index (χ1v) is 7.86. The number of sulfonamides is 1. The molecule has 0 spiro atoms. The summed E-state index contributed by atoms with van der Waals surface area (Å²) in [6.45, 7) is 2.42. The summed E-state index contributed by atoms with van der Waals surface area (Å²) in [5, 5.41) is 3.69. The van der Waals surface area contributed by atoms with Gasteiger partial charge in [-0.05, 0) is 24.3 Å². The van der Waals surface area contributed by atoms with Gasteiger partial charge in [0.05, 0.1) is 17.6 Å². The van der Waals surface area contributed by atoms with Gasteiger partial charge in [-0.25, -0.2) is 8.42 Å². The van der Waals surface area contributed by atoms with Crippen molar-refractivity contribution in [1.82, 2.24) is 9.62 Å². The molecule has 1 aromatic carbocycles. The SMILES string of the molecule is CN(CC1CNCCO1)S(=O)(=O)c1ccc(Cl)cc1. The lowest BCUT2D eigenvalue weighted by Crippen LogP contribution is -2.45. The second kappa shape index (κ2) is 6.19. The molecule has 1 aliphatic rings. The first-order chi connectivity index (χ1) is 9.00. The number of likely N-dealkylation sites (N-methyl/N-ethyl adjacent to an activating group) is 1. The van der Waals surface area contributed by atoms with Crippen molar-refractivity contribution < 1.29 is 13.2 Å². The Hall–Kier alpha value is -0.660. The largest absolute Gasteiger partial charge is 0.374 e. The third-order valence-corrected chi connectivity index (χ3v) is 5.08. The first-order valence-electron chi connectivity index (χ1n) is 6.04. The molecule has 0 saturated carbocycles. The van der Waals surface area contributed by atoms with E-state index in [1.807, 2.05) is 0 Å². The molecule has 1 heterocycles. The summed E-state index contributed by atoms with van der Waals surface area (Å²) in [5.41, 5.74) is 0. The molecule has 106 valence electrons. The molecule has 1 aromatic rings. The molecule has 7 heteroatoms. The molecule has 2 rings (SSSR count). The Morgan fingerprint density at radius 2 is 2.11 bits per heavy atom. The van der Waals surface area contributed by atoms with E-state index < -0.39 is 10.0 Å². The van der Waals surface area contributed by atoms with Gasteiger partial charge in [-0.1, -0.05) is 11.6 Å². The van der Waals surface area contributed by atoms with Crippen LogP contribution in [0, 0.1) is 0 Å². The molecular weight excluding hydrogens is 288 g/mol. The zero-order valence-corrected chi connectivity index (χ0v) is 12.2. The number of morpholine rings is 1. The maximum Gasteiger partial charge on any atom is 0.242 e. The van der Waals surface area contributed by atoms with Crippen molar-refractivity contribution in [2.75, 3.05) is 33.3 Å². The van der Waals surface area contributed by atoms with Crippen molar-refractivity contribution >= 4 is 21.6 Å². The summed E-state index contributed by atoms with van der Waals surface area (Å²) in [5.74, 6) is 0. The van der Waals surface area contributed by atoms with Gasteiger partial charge in [0.2, 0.25) is 10.0 Å². The standard InChI is InChI=1S/C12H17ClN2O3S/c1-15(9-11-8-14-6-7-18-11)19(16,17)12-4-2-10(13)3-5-12/h2-5,11,14H,6-9H2,1H3. The van der Waals surface area contributed by atoms with E-state index in [9.17, 15) is 8.42 Å². The minimum absolute atomic E-state index is 0.110. The maximum atomic E-state index is 12.3. The van der Waals surface area contributed by atoms with Crippen molar-refractivity contribution in [2.24, 2.45) is 0 Å². The fraction of sp³-hybridized carbons (Fsp3) is 0.500. The lowest BCUT2D eigenvalue weighted by molar-refractivity contribution is 0.0206. The maximum absolute atomic E-state index is 12.3. The molecule has 0 aliphatic carbocycles. The summed E-state index contributed by atoms with van der Waals surface area (Å²) >= 11 is 5.76. The Labute approximate surface area is 118 Å². The van der Waals surface area contributed by atoms with Gasteiger partial charge in [0.25, 0.3) is 0 Å². The highest BCUT2D eigenvalue weighted by Gasteiger charge is 2.25. The van der Waals surface area contributed by atoms with E-state index >= 15 is 0 Å². The molecule has 0 radical (unpaired) electrons. The van der Waals surface area contributed by atoms with Crippen LogP contribution in [0.2, 0.25) is 5.02 Å². The number of rotatable bonds is 4. The van der Waals surface area contributed by atoms with Crippen LogP contribution >= 0.6 is 11.6 Å². The molecular formula is C12H17ClN2O3S. The third-order valence-electron chi connectivity index (χ3n) is 2.99. The zero-order chi connectivity index (χ0) is 13.9. The van der Waals surface area contributed by atoms with Crippen molar-refractivity contribution in [2.45, 2.75) is 11.0 Å². The minimum Gasteiger partial charge on any atom is -0.374 e. The summed E-state index contributed by atoms with van der Waals surface area (Å²) in [7, 11) is -1.93. The summed E-state index contributed by atoms with van der Waals surface area (Å²) in [4.78, 5) is 0.239. The average Bonchev–Trinajstić information content (AvgIpc) is 2.40. The van der Waals surface area contributed by atoms with E-state index in [4.69, 9.17) is 16.3 Å². The van der Waals surface area contributed by atoms with Crippen LogP contribution in [0.4, 0.5) is 0 Å². The summed E-state index contributed by atoms with van der Waals surface area (Å²) in [6, 6.07) is 6.16. The van der Waals surface area contributed by atoms with Crippen molar-refractivity contribution in [3.05, 3.63) is 29.3 Å². The predicted molar refractivity (Wildman–Crippen MR) is 73.9 cm³/mol. The number of hydrogen-bond acceptors (Lipinski definition) is 4. The smallest absolute Gasteiger partial charge is 0.242 e. The summed E-state index contributed by atoms with van der Waals surface area (Å²) in [6.07, 6.45) is -0.110. The fourth-order valence-corrected chi connectivity index (χ4v) is 3.24. The Bertz CT molecular complexity index is 512. The monoisotopic (exact) mass is 304 g/mol. The topological polar surface area (TPSA) is 58.6 Å². The predicted octanol–water partition coefficient (Wildman–Crippen LogP) is 0.949. The Morgan fingerprint density at radius 3 is 2.68 bits per heavy atom. The number of nitrogens with zero attached hydrogens (tertiary/aromatic N) is 1. The van der Waals surface area contributed by atoms with E-state index in [0.29, 0.717) is 24.7 Å². The molecule has 1 saturated heterocycles. The second-order valence-electron chi connectivity index (χ2n) is 4.44. The highest BCUT2D eigenvalue weighted by atomic mass is 35.5. The van der Waals surface area contributed by atoms with Gasteiger partial charge < -0.3 is 10.1 Å². The van der Waals surface area contributed by atoms with Crippen molar-refractivity contribution in [1.29, 1.82) is 0 Å². The van der Waals surface area contributed by atoms with E-state index in [1.165, 1.54) is 16.4 Å². The number of ether oxygens (including phenoxy) is 1. The third kappa shape index (κ3) is 3.67. The highest BCUT2D eigenvalue weighted by Crippen LogP contribution is 2.18. The minimum atomic E-state index is -3.49. The van der Waals surface area contributed by atoms with Crippen LogP contribution in [0.3, 0.4) is 0 Å². The van der Waals surface area contributed by atoms with Crippen LogP contribution in [0.1, 0.15) is 0 Å². The molecule has 0 aromatic heterocycles. The lowest BCUT2D eigenvalue weighted by atomic mass is 10.3. The quantitative estimate of drug-likeness (QED) is 0.900. The van der Waals surface area contributed by atoms with Gasteiger partial charge in [0.1, 0.15) is 0 Å². The molecule has 1 aliphatic heterocycles. The highest BCUT2D eigenvalue weighted by molar-refractivity contribution is 7.89. The van der Waals surface area contributed by atoms with Gasteiger partial charge in [0, 0.05) is 31.7 Å². The Balaban J connectivity index is 2.07. The van der Waals surface area contributed by atoms with E-state index in [0.717, 1.165) is 6.54 Å². The lowest BCUT2D eigenvalue weighted by Gasteiger charge is -2.27. The van der Waals surface area contributed by atoms with Crippen molar-refractivity contribution in [3.8, 4) is 0 Å². The van der Waals surface area contributed by atoms with Gasteiger partial charge in [-0.2, -0.15) is 4.31 Å². The molecule has 5 nitrogen and oxygen atoms in total. The molecule has 1 fully saturated rings. The van der Waals surface area contributed by atoms with E-state index in [2.05, 4.69) is 5.32 Å². The molecule has 1 N–H and O–H groups in total. The van der Waals surface area contributed by atoms with Crippen LogP contribution in [0.15, 0.2) is 29.2 Å². The van der Waals surface area contributed by atoms with Gasteiger partial charge in [-0.15, -0.1) is 0 Å².